The Morgan fingerprint density at radius 2 is 1.74 bits per heavy atom. The fourth-order valence-corrected chi connectivity index (χ4v) is 5.96. The van der Waals surface area contributed by atoms with Crippen LogP contribution < -0.4 is 9.47 Å². The quantitative estimate of drug-likeness (QED) is 0.184. The molecule has 2 aliphatic rings. The van der Waals surface area contributed by atoms with E-state index in [1.807, 2.05) is 90.7 Å². The fraction of sp³-hybridized carbons (Fsp3) is 0.324. The number of rotatable bonds is 11. The van der Waals surface area contributed by atoms with Crippen LogP contribution in [-0.2, 0) is 16.1 Å². The lowest BCUT2D eigenvalue weighted by Crippen LogP contribution is -2.35. The molecule has 0 bridgehead atoms. The highest BCUT2D eigenvalue weighted by atomic mass is 32.2. The summed E-state index contributed by atoms with van der Waals surface area (Å²) < 4.78 is 17.2. The van der Waals surface area contributed by atoms with E-state index in [0.717, 1.165) is 42.7 Å². The number of ether oxygens (including phenoxy) is 3. The van der Waals surface area contributed by atoms with Gasteiger partial charge in [-0.25, -0.2) is 4.99 Å². The minimum atomic E-state index is -0.110. The maximum Gasteiger partial charge on any atom is 0.266 e. The first-order valence-corrected chi connectivity index (χ1v) is 15.5. The van der Waals surface area contributed by atoms with Gasteiger partial charge >= 0.3 is 0 Å². The Hall–Kier alpha value is -4.08. The summed E-state index contributed by atoms with van der Waals surface area (Å²) in [4.78, 5) is 35.0. The van der Waals surface area contributed by atoms with Crippen molar-refractivity contribution in [3.63, 3.8) is 0 Å². The van der Waals surface area contributed by atoms with Gasteiger partial charge in [0.05, 0.1) is 30.9 Å². The number of benzene rings is 3. The number of likely N-dealkylation sites (tertiary alicyclic amines) is 1. The molecule has 2 amide bonds. The first-order valence-electron chi connectivity index (χ1n) is 14.7. The largest absolute Gasteiger partial charge is 0.493 e. The number of hydrogen-bond donors (Lipinski definition) is 0. The highest BCUT2D eigenvalue weighted by molar-refractivity contribution is 8.18. The van der Waals surface area contributed by atoms with Gasteiger partial charge in [-0.15, -0.1) is 0 Å². The van der Waals surface area contributed by atoms with Crippen molar-refractivity contribution in [3.8, 4) is 11.5 Å². The Morgan fingerprint density at radius 3 is 2.47 bits per heavy atom. The van der Waals surface area contributed by atoms with Crippen LogP contribution in [0.5, 0.6) is 11.5 Å². The van der Waals surface area contributed by atoms with Gasteiger partial charge in [-0.2, -0.15) is 0 Å². The molecule has 0 aromatic heterocycles. The Bertz CT molecular complexity index is 1470. The smallest absolute Gasteiger partial charge is 0.266 e. The second-order valence-corrected chi connectivity index (χ2v) is 11.3. The standard InChI is InChI=1S/C34H37N3O5S/c1-3-41-21-20-37-33(39)31(43-34(37)35-28-10-6-4-7-11-28)23-26-14-17-29(30(22-26)40-2)42-24-25-12-15-27(16-13-25)32(38)36-18-8-5-9-19-36/h4,6-7,10-17,22-23H,3,5,8-9,18-21,24H2,1-2H3/b31-23-,35-34?. The van der Waals surface area contributed by atoms with Crippen molar-refractivity contribution in [2.24, 2.45) is 4.99 Å². The molecule has 2 aliphatic heterocycles. The van der Waals surface area contributed by atoms with Gasteiger partial charge in [0.1, 0.15) is 6.61 Å². The van der Waals surface area contributed by atoms with Crippen molar-refractivity contribution in [2.75, 3.05) is 40.0 Å². The number of thioether (sulfide) groups is 1. The topological polar surface area (TPSA) is 80.7 Å². The van der Waals surface area contributed by atoms with Gasteiger partial charge in [0.15, 0.2) is 16.7 Å². The molecule has 0 aliphatic carbocycles. The summed E-state index contributed by atoms with van der Waals surface area (Å²) in [6.45, 7) is 5.36. The number of carbonyl (C=O) groups excluding carboxylic acids is 2. The van der Waals surface area contributed by atoms with E-state index in [1.165, 1.54) is 18.2 Å². The summed E-state index contributed by atoms with van der Waals surface area (Å²) in [5, 5.41) is 0.623. The van der Waals surface area contributed by atoms with Gasteiger partial charge in [-0.3, -0.25) is 14.5 Å². The zero-order valence-electron chi connectivity index (χ0n) is 24.7. The van der Waals surface area contributed by atoms with Gasteiger partial charge in [0.2, 0.25) is 0 Å². The molecule has 0 radical (unpaired) electrons. The van der Waals surface area contributed by atoms with E-state index in [-0.39, 0.29) is 11.8 Å². The molecule has 224 valence electrons. The zero-order chi connectivity index (χ0) is 30.0. The number of piperidine rings is 1. The van der Waals surface area contributed by atoms with E-state index < -0.39 is 0 Å². The summed E-state index contributed by atoms with van der Waals surface area (Å²) >= 11 is 1.34. The number of carbonyl (C=O) groups is 2. The Labute approximate surface area is 257 Å². The van der Waals surface area contributed by atoms with Gasteiger partial charge in [-0.1, -0.05) is 36.4 Å². The Balaban J connectivity index is 1.26. The van der Waals surface area contributed by atoms with Crippen LogP contribution in [0.25, 0.3) is 6.08 Å². The third kappa shape index (κ3) is 7.86. The molecule has 0 spiro atoms. The first-order chi connectivity index (χ1) is 21.1. The van der Waals surface area contributed by atoms with Gasteiger partial charge < -0.3 is 19.1 Å². The van der Waals surface area contributed by atoms with Crippen molar-refractivity contribution in [1.29, 1.82) is 0 Å². The Kier molecular flexibility index (Phi) is 10.5. The summed E-state index contributed by atoms with van der Waals surface area (Å²) in [6.07, 6.45) is 5.18. The average molecular weight is 600 g/mol. The summed E-state index contributed by atoms with van der Waals surface area (Å²) in [6, 6.07) is 22.8. The minimum absolute atomic E-state index is 0.0910. The van der Waals surface area contributed by atoms with Crippen LogP contribution in [0.3, 0.4) is 0 Å². The highest BCUT2D eigenvalue weighted by Gasteiger charge is 2.33. The number of para-hydroxylation sites is 1. The third-order valence-electron chi connectivity index (χ3n) is 7.26. The second kappa shape index (κ2) is 14.9. The van der Waals surface area contributed by atoms with Gasteiger partial charge in [-0.05, 0) is 91.5 Å². The maximum absolute atomic E-state index is 13.4. The summed E-state index contributed by atoms with van der Waals surface area (Å²) in [5.74, 6) is 1.13. The normalized spacial score (nSPS) is 17.1. The van der Waals surface area contributed by atoms with Crippen molar-refractivity contribution in [2.45, 2.75) is 32.8 Å². The van der Waals surface area contributed by atoms with E-state index in [0.29, 0.717) is 53.5 Å². The van der Waals surface area contributed by atoms with Crippen molar-refractivity contribution >= 4 is 40.5 Å². The van der Waals surface area contributed by atoms with Crippen molar-refractivity contribution in [3.05, 3.63) is 94.4 Å². The molecule has 2 fully saturated rings. The number of nitrogens with zero attached hydrogens (tertiary/aromatic N) is 3. The molecule has 0 atom stereocenters. The predicted octanol–water partition coefficient (Wildman–Crippen LogP) is 6.54. The summed E-state index contributed by atoms with van der Waals surface area (Å²) in [5.41, 5.74) is 3.25. The van der Waals surface area contributed by atoms with Gasteiger partial charge in [0, 0.05) is 25.3 Å². The van der Waals surface area contributed by atoms with Gasteiger partial charge in [0.25, 0.3) is 11.8 Å². The van der Waals surface area contributed by atoms with Crippen LogP contribution >= 0.6 is 11.8 Å². The SMILES string of the molecule is CCOCCN1C(=O)/C(=C/c2ccc(OCc3ccc(C(=O)N4CCCCC4)cc3)c(OC)c2)SC1=Nc1ccccc1. The molecular weight excluding hydrogens is 562 g/mol. The maximum atomic E-state index is 13.4. The molecule has 2 heterocycles. The zero-order valence-corrected chi connectivity index (χ0v) is 25.5. The van der Waals surface area contributed by atoms with Crippen molar-refractivity contribution in [1.82, 2.24) is 9.80 Å². The number of methoxy groups -OCH3 is 1. The lowest BCUT2D eigenvalue weighted by atomic mass is 10.1. The van der Waals surface area contributed by atoms with Crippen LogP contribution in [0.1, 0.15) is 47.7 Å². The highest BCUT2D eigenvalue weighted by Crippen LogP contribution is 2.36. The molecular formula is C34H37N3O5S. The molecule has 0 saturated carbocycles. The molecule has 3 aromatic rings. The molecule has 0 unspecified atom stereocenters. The van der Waals surface area contributed by atoms with E-state index in [2.05, 4.69) is 0 Å². The molecule has 8 nitrogen and oxygen atoms in total. The summed E-state index contributed by atoms with van der Waals surface area (Å²) in [7, 11) is 1.59. The van der Waals surface area contributed by atoms with E-state index in [9.17, 15) is 9.59 Å². The third-order valence-corrected chi connectivity index (χ3v) is 8.26. The minimum Gasteiger partial charge on any atom is -0.493 e. The van der Waals surface area contributed by atoms with E-state index >= 15 is 0 Å². The van der Waals surface area contributed by atoms with E-state index in [4.69, 9.17) is 19.2 Å². The molecule has 3 aromatic carbocycles. The molecule has 0 N–H and O–H groups in total. The second-order valence-electron chi connectivity index (χ2n) is 10.2. The average Bonchev–Trinajstić information content (AvgIpc) is 3.33. The lowest BCUT2D eigenvalue weighted by Gasteiger charge is -2.26. The molecule has 43 heavy (non-hydrogen) atoms. The predicted molar refractivity (Wildman–Crippen MR) is 171 cm³/mol. The van der Waals surface area contributed by atoms with Crippen LogP contribution in [0, 0.1) is 0 Å². The lowest BCUT2D eigenvalue weighted by molar-refractivity contribution is -0.122. The molecule has 2 saturated heterocycles. The fourth-order valence-electron chi connectivity index (χ4n) is 4.93. The Morgan fingerprint density at radius 1 is 0.977 bits per heavy atom. The first kappa shape index (κ1) is 30.4. The van der Waals surface area contributed by atoms with Crippen LogP contribution in [0.15, 0.2) is 82.7 Å². The number of aliphatic imine (C=N–C) groups is 1. The molecule has 9 heteroatoms. The number of amides is 2. The number of amidine groups is 1. The van der Waals surface area contributed by atoms with Crippen LogP contribution in [0.4, 0.5) is 5.69 Å². The van der Waals surface area contributed by atoms with Crippen LogP contribution in [-0.4, -0.2) is 66.7 Å². The molecule has 5 rings (SSSR count). The van der Waals surface area contributed by atoms with Crippen LogP contribution in [0.2, 0.25) is 0 Å². The van der Waals surface area contributed by atoms with E-state index in [1.54, 1.807) is 12.0 Å². The van der Waals surface area contributed by atoms with Crippen molar-refractivity contribution < 1.29 is 23.8 Å². The monoisotopic (exact) mass is 599 g/mol. The number of hydrogen-bond acceptors (Lipinski definition) is 7.